The molecule has 10 heteroatoms. The van der Waals surface area contributed by atoms with Crippen LogP contribution in [0.5, 0.6) is 0 Å². The fourth-order valence-electron chi connectivity index (χ4n) is 4.27. The lowest BCUT2D eigenvalue weighted by Crippen LogP contribution is -2.55. The highest BCUT2D eigenvalue weighted by Gasteiger charge is 2.43. The van der Waals surface area contributed by atoms with Gasteiger partial charge in [0.25, 0.3) is 11.8 Å². The van der Waals surface area contributed by atoms with Crippen molar-refractivity contribution in [2.75, 3.05) is 20.8 Å². The van der Waals surface area contributed by atoms with Gasteiger partial charge in [-0.2, -0.15) is 0 Å². The quantitative estimate of drug-likeness (QED) is 0.260. The minimum Gasteiger partial charge on any atom is -0.427 e. The van der Waals surface area contributed by atoms with Crippen molar-refractivity contribution in [3.63, 3.8) is 0 Å². The summed E-state index contributed by atoms with van der Waals surface area (Å²) in [7, 11) is 2.82. The van der Waals surface area contributed by atoms with E-state index >= 15 is 0 Å². The molecule has 1 aliphatic rings. The van der Waals surface area contributed by atoms with Crippen LogP contribution in [-0.2, 0) is 31.4 Å². The van der Waals surface area contributed by atoms with E-state index in [0.717, 1.165) is 19.3 Å². The fraction of sp³-hybridized carbons (Fsp3) is 0.517. The lowest BCUT2D eigenvalue weighted by molar-refractivity contribution is -0.237. The zero-order valence-corrected chi connectivity index (χ0v) is 23.6. The first-order chi connectivity index (χ1) is 18.5. The number of methoxy groups -OCH3 is 2. The van der Waals surface area contributed by atoms with Gasteiger partial charge in [0.05, 0.1) is 12.3 Å². The maximum Gasteiger partial charge on any atom is 0.348 e. The Kier molecular flexibility index (Phi) is 10.0. The molecule has 1 fully saturated rings. The van der Waals surface area contributed by atoms with Crippen LogP contribution in [0.3, 0.4) is 0 Å². The summed E-state index contributed by atoms with van der Waals surface area (Å²) in [4.78, 5) is 46.9. The Morgan fingerprint density at radius 1 is 1.08 bits per heavy atom. The van der Waals surface area contributed by atoms with Crippen LogP contribution in [0, 0.1) is 0 Å². The maximum atomic E-state index is 13.7. The number of likely N-dealkylation sites (tertiary alicyclic amines) is 1. The number of nitrogens with zero attached hydrogens (tertiary/aromatic N) is 2. The molecule has 0 aliphatic carbocycles. The first-order valence-electron chi connectivity index (χ1n) is 13.2. The van der Waals surface area contributed by atoms with Crippen molar-refractivity contribution >= 4 is 17.5 Å². The molecule has 1 aromatic heterocycles. The highest BCUT2D eigenvalue weighted by atomic mass is 16.7. The van der Waals surface area contributed by atoms with Crippen molar-refractivity contribution in [3.8, 4) is 0 Å². The van der Waals surface area contributed by atoms with Gasteiger partial charge in [0.1, 0.15) is 23.0 Å². The molecule has 0 spiro atoms. The van der Waals surface area contributed by atoms with Crippen LogP contribution >= 0.6 is 0 Å². The van der Waals surface area contributed by atoms with Gasteiger partial charge in [-0.05, 0) is 39.3 Å². The van der Waals surface area contributed by atoms with E-state index in [1.807, 2.05) is 26.8 Å². The number of hydrogen-bond donors (Lipinski definition) is 1. The number of amides is 2. The number of rotatable bonds is 11. The van der Waals surface area contributed by atoms with E-state index in [-0.39, 0.29) is 18.5 Å². The summed E-state index contributed by atoms with van der Waals surface area (Å²) in [6.07, 6.45) is 3.66. The average Bonchev–Trinajstić information content (AvgIpc) is 3.35. The Hall–Kier alpha value is -3.50. The van der Waals surface area contributed by atoms with Gasteiger partial charge in [-0.3, -0.25) is 14.9 Å². The second kappa shape index (κ2) is 13.0. The highest BCUT2D eigenvalue weighted by Crippen LogP contribution is 2.26. The number of unbranched alkanes of at least 4 members (excludes halogenated alkanes) is 2. The van der Waals surface area contributed by atoms with E-state index in [1.54, 1.807) is 30.3 Å². The van der Waals surface area contributed by atoms with Crippen LogP contribution in [0.2, 0.25) is 0 Å². The van der Waals surface area contributed by atoms with E-state index in [9.17, 15) is 14.4 Å². The van der Waals surface area contributed by atoms with Crippen LogP contribution in [-0.4, -0.2) is 54.8 Å². The Labute approximate surface area is 229 Å². The first-order valence-corrected chi connectivity index (χ1v) is 13.2. The molecule has 1 saturated heterocycles. The van der Waals surface area contributed by atoms with Crippen molar-refractivity contribution in [2.45, 2.75) is 77.4 Å². The lowest BCUT2D eigenvalue weighted by Gasteiger charge is -2.34. The van der Waals surface area contributed by atoms with Gasteiger partial charge in [0, 0.05) is 32.6 Å². The molecule has 1 aliphatic heterocycles. The molecule has 1 aromatic carbocycles. The van der Waals surface area contributed by atoms with E-state index in [0.29, 0.717) is 23.5 Å². The smallest absolute Gasteiger partial charge is 0.348 e. The van der Waals surface area contributed by atoms with Gasteiger partial charge >= 0.3 is 5.63 Å². The Morgan fingerprint density at radius 2 is 1.77 bits per heavy atom. The summed E-state index contributed by atoms with van der Waals surface area (Å²) in [5, 5.41) is 7.00. The molecule has 2 amide bonds. The number of ether oxygens (including phenoxy) is 2. The number of hydrogen-bond acceptors (Lipinski definition) is 8. The van der Waals surface area contributed by atoms with Crippen LogP contribution in [0.15, 0.2) is 56.8 Å². The third kappa shape index (κ3) is 7.54. The highest BCUT2D eigenvalue weighted by molar-refractivity contribution is 6.05. The molecule has 39 heavy (non-hydrogen) atoms. The summed E-state index contributed by atoms with van der Waals surface area (Å²) >= 11 is 0. The van der Waals surface area contributed by atoms with Crippen molar-refractivity contribution < 1.29 is 28.3 Å². The molecular weight excluding hydrogens is 502 g/mol. The predicted octanol–water partition coefficient (Wildman–Crippen LogP) is 3.98. The van der Waals surface area contributed by atoms with Crippen LogP contribution < -0.4 is 10.9 Å². The number of nitrogens with one attached hydrogen (secondary N) is 1. The Bertz CT molecular complexity index is 1210. The zero-order chi connectivity index (χ0) is 28.6. The third-order valence-corrected chi connectivity index (χ3v) is 6.32. The summed E-state index contributed by atoms with van der Waals surface area (Å²) in [6.45, 7) is 7.63. The summed E-state index contributed by atoms with van der Waals surface area (Å²) in [6, 6.07) is 11.0. The van der Waals surface area contributed by atoms with Gasteiger partial charge in [-0.1, -0.05) is 55.3 Å². The Balaban J connectivity index is 1.91. The van der Waals surface area contributed by atoms with Gasteiger partial charge in [0.2, 0.25) is 5.91 Å². The monoisotopic (exact) mass is 541 g/mol. The summed E-state index contributed by atoms with van der Waals surface area (Å²) in [5.74, 6) is -2.24. The zero-order valence-electron chi connectivity index (χ0n) is 23.6. The molecule has 0 saturated carbocycles. The SMILES string of the molecule is CCCCCc1ccc(C(=O)N2CC(=NOC(C)(C)C)C[C@H]2C(=O)NC(OC)(OC)c2ccccc2)c(=O)o1. The number of aryl methyl sites for hydroxylation is 1. The molecule has 10 nitrogen and oxygen atoms in total. The number of oxime groups is 1. The minimum absolute atomic E-state index is 0.00297. The molecule has 1 N–H and O–H groups in total. The number of carbonyl (C=O) groups excluding carboxylic acids is 2. The fourth-order valence-corrected chi connectivity index (χ4v) is 4.27. The molecule has 1 atom stereocenters. The standard InChI is InChI=1S/C29H39N3O7/c1-7-8-10-15-22-16-17-23(27(35)38-22)26(34)32-19-21(31-39-28(2,3)4)18-24(32)25(33)30-29(36-5,37-6)20-13-11-9-12-14-20/h9,11-14,16-17,24H,7-8,10,15,18-19H2,1-6H3,(H,30,33)/t24-/m0/s1. The minimum atomic E-state index is -1.59. The van der Waals surface area contributed by atoms with Crippen LogP contribution in [0.4, 0.5) is 0 Å². The van der Waals surface area contributed by atoms with Crippen molar-refractivity contribution in [1.82, 2.24) is 10.2 Å². The number of carbonyl (C=O) groups is 2. The normalized spacial score (nSPS) is 16.9. The molecule has 2 heterocycles. The predicted molar refractivity (Wildman–Crippen MR) is 146 cm³/mol. The molecular formula is C29H39N3O7. The van der Waals surface area contributed by atoms with Gasteiger partial charge < -0.3 is 23.6 Å². The van der Waals surface area contributed by atoms with Crippen LogP contribution in [0.1, 0.15) is 75.1 Å². The topological polar surface area (TPSA) is 120 Å². The van der Waals surface area contributed by atoms with E-state index in [1.165, 1.54) is 25.2 Å². The molecule has 3 rings (SSSR count). The second-order valence-electron chi connectivity index (χ2n) is 10.5. The maximum absolute atomic E-state index is 13.7. The van der Waals surface area contributed by atoms with Gasteiger partial charge in [-0.15, -0.1) is 0 Å². The van der Waals surface area contributed by atoms with E-state index in [4.69, 9.17) is 18.7 Å². The Morgan fingerprint density at radius 3 is 2.36 bits per heavy atom. The average molecular weight is 542 g/mol. The first kappa shape index (κ1) is 30.0. The van der Waals surface area contributed by atoms with Gasteiger partial charge in [0.15, 0.2) is 0 Å². The van der Waals surface area contributed by atoms with Crippen molar-refractivity contribution in [2.24, 2.45) is 5.16 Å². The number of benzene rings is 1. The van der Waals surface area contributed by atoms with Crippen LogP contribution in [0.25, 0.3) is 0 Å². The van der Waals surface area contributed by atoms with Crippen molar-refractivity contribution in [1.29, 1.82) is 0 Å². The summed E-state index contributed by atoms with van der Waals surface area (Å²) in [5.41, 5.74) is -0.414. The largest absolute Gasteiger partial charge is 0.427 e. The molecule has 0 bridgehead atoms. The van der Waals surface area contributed by atoms with Gasteiger partial charge in [-0.25, -0.2) is 4.79 Å². The molecule has 0 unspecified atom stereocenters. The molecule has 2 aromatic rings. The third-order valence-electron chi connectivity index (χ3n) is 6.32. The van der Waals surface area contributed by atoms with E-state index < -0.39 is 35.0 Å². The summed E-state index contributed by atoms with van der Waals surface area (Å²) < 4.78 is 16.6. The second-order valence-corrected chi connectivity index (χ2v) is 10.5. The molecule has 0 radical (unpaired) electrons. The van der Waals surface area contributed by atoms with Crippen molar-refractivity contribution in [3.05, 3.63) is 69.8 Å². The molecule has 212 valence electrons. The lowest BCUT2D eigenvalue weighted by atomic mass is 10.1. The van der Waals surface area contributed by atoms with E-state index in [2.05, 4.69) is 17.4 Å².